The molecule has 2 N–H and O–H groups in total. The average molecular weight is 82.1 g/mol. The van der Waals surface area contributed by atoms with Gasteiger partial charge in [0.25, 0.3) is 0 Å². The molecule has 1 aliphatic heterocycles. The Morgan fingerprint density at radius 2 is 2.17 bits per heavy atom. The highest BCUT2D eigenvalue weighted by Crippen LogP contribution is 1.79. The Morgan fingerprint density at radius 1 is 1.17 bits per heavy atom. The van der Waals surface area contributed by atoms with E-state index in [-0.39, 0.29) is 0 Å². The van der Waals surface area contributed by atoms with Gasteiger partial charge in [0.15, 0.2) is 0 Å². The first kappa shape index (κ1) is 3.68. The highest BCUT2D eigenvalue weighted by Gasteiger charge is 1.83. The van der Waals surface area contributed by atoms with Crippen LogP contribution in [0.4, 0.5) is 0 Å². The summed E-state index contributed by atoms with van der Waals surface area (Å²) in [5.41, 5.74) is 0. The largest absolute Gasteiger partial charge is 0.373 e. The van der Waals surface area contributed by atoms with Gasteiger partial charge >= 0.3 is 0 Å². The normalized spacial score (nSPS) is 20.0. The Hall–Kier alpha value is -0.500. The van der Waals surface area contributed by atoms with Crippen molar-refractivity contribution in [1.29, 1.82) is 0 Å². The molecule has 0 saturated carbocycles. The van der Waals surface area contributed by atoms with Crippen molar-refractivity contribution < 1.29 is 0 Å². The van der Waals surface area contributed by atoms with Gasteiger partial charge in [-0.25, -0.2) is 0 Å². The van der Waals surface area contributed by atoms with Gasteiger partial charge < -0.3 is 5.32 Å². The van der Waals surface area contributed by atoms with Crippen LogP contribution in [-0.2, 0) is 0 Å². The van der Waals surface area contributed by atoms with Gasteiger partial charge in [0.1, 0.15) is 6.67 Å². The van der Waals surface area contributed by atoms with Crippen LogP contribution in [0.25, 0.3) is 0 Å². The maximum atomic E-state index is 2.84. The Morgan fingerprint density at radius 3 is 2.33 bits per heavy atom. The fourth-order valence-electron chi connectivity index (χ4n) is 0.304. The van der Waals surface area contributed by atoms with Crippen LogP contribution in [0, 0.1) is 13.2 Å². The molecule has 0 bridgehead atoms. The summed E-state index contributed by atoms with van der Waals surface area (Å²) in [6.07, 6.45) is 3.73. The van der Waals surface area contributed by atoms with Crippen molar-refractivity contribution in [2.75, 3.05) is 0 Å². The van der Waals surface area contributed by atoms with Crippen LogP contribution in [0.5, 0.6) is 0 Å². The van der Waals surface area contributed by atoms with Gasteiger partial charge in [-0.15, -0.1) is 0 Å². The minimum absolute atomic E-state index is 1.75. The molecule has 0 atom stereocenters. The van der Waals surface area contributed by atoms with Crippen molar-refractivity contribution in [3.63, 3.8) is 0 Å². The summed E-state index contributed by atoms with van der Waals surface area (Å²) in [5.74, 6) is 0. The van der Waals surface area contributed by atoms with Gasteiger partial charge in [-0.2, -0.15) is 0 Å². The summed E-state index contributed by atoms with van der Waals surface area (Å²) in [4.78, 5) is 0. The molecule has 1 rings (SSSR count). The zero-order valence-corrected chi connectivity index (χ0v) is 3.31. The molecule has 2 radical (unpaired) electrons. The topological polar surface area (TPSA) is 24.1 Å². The molecule has 6 heavy (non-hydrogen) atoms. The highest BCUT2D eigenvalue weighted by atomic mass is 15.1. The Kier molecular flexibility index (Phi) is 1.12. The van der Waals surface area contributed by atoms with E-state index in [2.05, 4.69) is 10.6 Å². The number of hydrogen-bond acceptors (Lipinski definition) is 2. The summed E-state index contributed by atoms with van der Waals surface area (Å²) in [5, 5.41) is 5.67. The van der Waals surface area contributed by atoms with Gasteiger partial charge in [0.2, 0.25) is 0 Å². The van der Waals surface area contributed by atoms with Gasteiger partial charge in [-0.05, 0) is 12.3 Å². The minimum Gasteiger partial charge on any atom is -0.373 e. The number of nitrogens with one attached hydrogen (secondary N) is 2. The molecule has 0 aromatic heterocycles. The molecule has 0 aliphatic carbocycles. The molecule has 0 saturated heterocycles. The average Bonchev–Trinajstić information content (AvgIpc) is 1.72. The molecule has 0 fully saturated rings. The second kappa shape index (κ2) is 1.82. The van der Waals surface area contributed by atoms with E-state index < -0.39 is 0 Å². The van der Waals surface area contributed by atoms with Gasteiger partial charge in [-0.3, -0.25) is 5.32 Å². The molecule has 1 heterocycles. The van der Waals surface area contributed by atoms with Gasteiger partial charge in [0, 0.05) is 6.54 Å². The van der Waals surface area contributed by atoms with Crippen molar-refractivity contribution in [2.24, 2.45) is 0 Å². The van der Waals surface area contributed by atoms with Crippen LogP contribution in [0.15, 0.2) is 12.3 Å². The monoisotopic (exact) mass is 82.1 g/mol. The van der Waals surface area contributed by atoms with E-state index in [0.717, 1.165) is 0 Å². The van der Waals surface area contributed by atoms with Crippen LogP contribution >= 0.6 is 0 Å². The summed E-state index contributed by atoms with van der Waals surface area (Å²) < 4.78 is 0. The summed E-state index contributed by atoms with van der Waals surface area (Å²) in [7, 11) is 0. The second-order valence-electron chi connectivity index (χ2n) is 1.00. The second-order valence-corrected chi connectivity index (χ2v) is 1.00. The van der Waals surface area contributed by atoms with E-state index >= 15 is 0 Å². The zero-order chi connectivity index (χ0) is 4.24. The zero-order valence-electron chi connectivity index (χ0n) is 3.31. The molecule has 1 aliphatic rings. The molecule has 0 aromatic rings. The maximum absolute atomic E-state index is 2.84. The Balaban J connectivity index is 2.26. The van der Waals surface area contributed by atoms with Crippen molar-refractivity contribution in [3.05, 3.63) is 25.5 Å². The van der Waals surface area contributed by atoms with E-state index in [4.69, 9.17) is 0 Å². The standard InChI is InChI=1S/C4H6N2/c1-2-5-4-6-3-1/h1-6H. The van der Waals surface area contributed by atoms with Crippen LogP contribution in [-0.4, -0.2) is 0 Å². The fourth-order valence-corrected chi connectivity index (χ4v) is 0.304. The number of rotatable bonds is 0. The van der Waals surface area contributed by atoms with Crippen LogP contribution in [0.2, 0.25) is 0 Å². The molecule has 0 spiro atoms. The number of hydrogen-bond donors (Lipinski definition) is 2. The summed E-state index contributed by atoms with van der Waals surface area (Å²) >= 11 is 0. The Labute approximate surface area is 37.2 Å². The van der Waals surface area contributed by atoms with Crippen molar-refractivity contribution in [3.8, 4) is 0 Å². The first-order valence-corrected chi connectivity index (χ1v) is 1.82. The first-order valence-electron chi connectivity index (χ1n) is 1.82. The lowest BCUT2D eigenvalue weighted by Crippen LogP contribution is -2.19. The van der Waals surface area contributed by atoms with Crippen molar-refractivity contribution in [2.45, 2.75) is 0 Å². The smallest absolute Gasteiger partial charge is 0.111 e. The predicted molar refractivity (Wildman–Crippen MR) is 24.0 cm³/mol. The van der Waals surface area contributed by atoms with E-state index in [1.165, 1.54) is 0 Å². The lowest BCUT2D eigenvalue weighted by atomic mass is 10.5. The minimum atomic E-state index is 1.75. The summed E-state index contributed by atoms with van der Waals surface area (Å²) in [6, 6.07) is 0. The predicted octanol–water partition coefficient (Wildman–Crippen LogP) is -0.0260. The van der Waals surface area contributed by atoms with Crippen LogP contribution < -0.4 is 10.6 Å². The van der Waals surface area contributed by atoms with E-state index in [1.54, 1.807) is 6.67 Å². The van der Waals surface area contributed by atoms with Gasteiger partial charge in [0.05, 0.1) is 0 Å². The summed E-state index contributed by atoms with van der Waals surface area (Å²) in [6.45, 7) is 3.59. The molecule has 0 unspecified atom stereocenters. The SMILES string of the molecule is [CH]1C=CN[CH]N1. The lowest BCUT2D eigenvalue weighted by Gasteiger charge is -2.03. The van der Waals surface area contributed by atoms with E-state index in [9.17, 15) is 0 Å². The molecule has 2 nitrogen and oxygen atoms in total. The molecule has 2 heteroatoms. The lowest BCUT2D eigenvalue weighted by molar-refractivity contribution is 0.836. The molecule has 0 amide bonds. The maximum Gasteiger partial charge on any atom is 0.111 e. The highest BCUT2D eigenvalue weighted by molar-refractivity contribution is 4.98. The van der Waals surface area contributed by atoms with Crippen molar-refractivity contribution >= 4 is 0 Å². The third kappa shape index (κ3) is 0.723. The molecule has 0 aromatic carbocycles. The van der Waals surface area contributed by atoms with Crippen molar-refractivity contribution in [1.82, 2.24) is 10.6 Å². The van der Waals surface area contributed by atoms with Crippen LogP contribution in [0.1, 0.15) is 0 Å². The Bertz CT molecular complexity index is 50.6. The van der Waals surface area contributed by atoms with E-state index in [1.807, 2.05) is 18.8 Å². The molecular formula is C4H6N2. The first-order chi connectivity index (χ1) is 3.00. The fraction of sp³-hybridized carbons (Fsp3) is 0. The third-order valence-corrected chi connectivity index (χ3v) is 0.552. The van der Waals surface area contributed by atoms with E-state index in [0.29, 0.717) is 0 Å². The molecule has 32 valence electrons. The quantitative estimate of drug-likeness (QED) is 0.429. The van der Waals surface area contributed by atoms with Gasteiger partial charge in [-0.1, -0.05) is 0 Å². The van der Waals surface area contributed by atoms with Crippen LogP contribution in [0.3, 0.4) is 0 Å². The molecular weight excluding hydrogens is 76.1 g/mol. The third-order valence-electron chi connectivity index (χ3n) is 0.552.